The van der Waals surface area contributed by atoms with E-state index in [9.17, 15) is 13.2 Å². The van der Waals surface area contributed by atoms with Crippen LogP contribution in [0.4, 0.5) is 13.2 Å². The summed E-state index contributed by atoms with van der Waals surface area (Å²) in [5.74, 6) is 0. The number of aromatic nitrogens is 2. The van der Waals surface area contributed by atoms with Crippen molar-refractivity contribution in [3.8, 4) is 5.69 Å². The van der Waals surface area contributed by atoms with Gasteiger partial charge in [-0.3, -0.25) is 0 Å². The summed E-state index contributed by atoms with van der Waals surface area (Å²) in [6.07, 6.45) is -3.05. The van der Waals surface area contributed by atoms with Gasteiger partial charge in [0.05, 0.1) is 11.1 Å². The molecule has 0 aliphatic heterocycles. The lowest BCUT2D eigenvalue weighted by Crippen LogP contribution is -2.08. The molecule has 0 N–H and O–H groups in total. The number of alkyl halides is 3. The van der Waals surface area contributed by atoms with E-state index in [-0.39, 0.29) is 5.56 Å². The molecule has 0 saturated heterocycles. The Kier molecular flexibility index (Phi) is 2.30. The van der Waals surface area contributed by atoms with E-state index in [2.05, 4.69) is 10.5 Å². The molecule has 6 heteroatoms. The molecule has 0 aliphatic carbocycles. The van der Waals surface area contributed by atoms with Crippen molar-refractivity contribution in [2.75, 3.05) is 0 Å². The largest absolute Gasteiger partial charge is 0.435 e. The summed E-state index contributed by atoms with van der Waals surface area (Å²) < 4.78 is 38.4. The molecule has 2 rings (SSSR count). The topological polar surface area (TPSA) is 17.8 Å². The van der Waals surface area contributed by atoms with Crippen molar-refractivity contribution >= 4 is 11.3 Å². The second kappa shape index (κ2) is 3.37. The van der Waals surface area contributed by atoms with Crippen molar-refractivity contribution in [1.82, 2.24) is 9.78 Å². The lowest BCUT2D eigenvalue weighted by molar-refractivity contribution is -0.141. The van der Waals surface area contributed by atoms with Gasteiger partial charge >= 0.3 is 6.18 Å². The number of aryl methyl sites for hydroxylation is 1. The summed E-state index contributed by atoms with van der Waals surface area (Å²) in [5, 5.41) is 8.05. The van der Waals surface area contributed by atoms with Crippen LogP contribution in [0, 0.1) is 12.3 Å². The zero-order chi connectivity index (χ0) is 11.1. The highest BCUT2D eigenvalue weighted by Crippen LogP contribution is 2.30. The predicted molar refractivity (Wildman–Crippen MR) is 50.0 cm³/mol. The van der Waals surface area contributed by atoms with Crippen LogP contribution in [0.1, 0.15) is 11.3 Å². The first-order valence-electron chi connectivity index (χ1n) is 4.07. The smallest absolute Gasteiger partial charge is 0.239 e. The number of hydrogen-bond acceptors (Lipinski definition) is 2. The number of thiophene rings is 1. The molecule has 0 aromatic carbocycles. The third-order valence-electron chi connectivity index (χ3n) is 1.87. The molecular weight excluding hydrogens is 225 g/mol. The van der Waals surface area contributed by atoms with Gasteiger partial charge in [-0.1, -0.05) is 0 Å². The Balaban J connectivity index is 2.47. The molecule has 79 valence electrons. The van der Waals surface area contributed by atoms with E-state index < -0.39 is 11.9 Å². The van der Waals surface area contributed by atoms with Gasteiger partial charge in [0.15, 0.2) is 5.69 Å². The van der Waals surface area contributed by atoms with Gasteiger partial charge < -0.3 is 0 Å². The molecule has 0 amide bonds. The molecule has 0 bridgehead atoms. The Morgan fingerprint density at radius 3 is 2.67 bits per heavy atom. The highest BCUT2D eigenvalue weighted by molar-refractivity contribution is 7.07. The van der Waals surface area contributed by atoms with Crippen molar-refractivity contribution in [2.24, 2.45) is 0 Å². The fourth-order valence-corrected chi connectivity index (χ4v) is 1.76. The molecule has 15 heavy (non-hydrogen) atoms. The molecule has 0 unspecified atom stereocenters. The Morgan fingerprint density at radius 2 is 2.20 bits per heavy atom. The van der Waals surface area contributed by atoms with Gasteiger partial charge in [-0.05, 0) is 23.9 Å². The van der Waals surface area contributed by atoms with E-state index in [4.69, 9.17) is 0 Å². The summed E-state index contributed by atoms with van der Waals surface area (Å²) >= 11 is 1.29. The lowest BCUT2D eigenvalue weighted by atomic mass is 10.3. The van der Waals surface area contributed by atoms with Gasteiger partial charge in [0.25, 0.3) is 0 Å². The van der Waals surface area contributed by atoms with Gasteiger partial charge in [0.1, 0.15) is 0 Å². The average Bonchev–Trinajstić information content (AvgIpc) is 2.68. The van der Waals surface area contributed by atoms with Crippen molar-refractivity contribution in [2.45, 2.75) is 13.1 Å². The van der Waals surface area contributed by atoms with Crippen LogP contribution >= 0.6 is 11.3 Å². The molecular formula is C9H6F3N2S. The van der Waals surface area contributed by atoms with Crippen molar-refractivity contribution < 1.29 is 13.2 Å². The third kappa shape index (κ3) is 1.90. The minimum Gasteiger partial charge on any atom is -0.239 e. The minimum atomic E-state index is -4.40. The number of halogens is 3. The summed E-state index contributed by atoms with van der Waals surface area (Å²) in [4.78, 5) is 0. The van der Waals surface area contributed by atoms with Crippen LogP contribution in [0.5, 0.6) is 0 Å². The Hall–Kier alpha value is -1.30. The van der Waals surface area contributed by atoms with Crippen LogP contribution in [0.25, 0.3) is 5.69 Å². The molecule has 0 saturated carbocycles. The second-order valence-corrected chi connectivity index (χ2v) is 3.72. The van der Waals surface area contributed by atoms with Gasteiger partial charge in [-0.15, -0.1) is 11.3 Å². The van der Waals surface area contributed by atoms with Crippen LogP contribution in [0.15, 0.2) is 17.6 Å². The standard InChI is InChI=1S/C9H6F3N2S/c1-6-4-14(7-2-3-15-5-7)13-8(6)9(10,11)12/h2-4H,1H3. The maximum Gasteiger partial charge on any atom is 0.435 e. The van der Waals surface area contributed by atoms with Crippen LogP contribution in [0.3, 0.4) is 0 Å². The molecule has 0 atom stereocenters. The zero-order valence-corrected chi connectivity index (χ0v) is 8.49. The maximum atomic E-state index is 12.4. The molecule has 1 radical (unpaired) electrons. The van der Waals surface area contributed by atoms with Crippen molar-refractivity contribution in [3.63, 3.8) is 0 Å². The Bertz CT molecular complexity index is 456. The highest BCUT2D eigenvalue weighted by Gasteiger charge is 2.36. The molecule has 0 spiro atoms. The van der Waals surface area contributed by atoms with Gasteiger partial charge in [-0.2, -0.15) is 18.3 Å². The average molecular weight is 231 g/mol. The van der Waals surface area contributed by atoms with Crippen LogP contribution in [-0.4, -0.2) is 9.78 Å². The van der Waals surface area contributed by atoms with E-state index in [1.165, 1.54) is 29.1 Å². The summed E-state index contributed by atoms with van der Waals surface area (Å²) in [6, 6.07) is 1.66. The molecule has 2 heterocycles. The van der Waals surface area contributed by atoms with E-state index in [0.717, 1.165) is 0 Å². The van der Waals surface area contributed by atoms with Crippen LogP contribution in [0.2, 0.25) is 0 Å². The molecule has 2 nitrogen and oxygen atoms in total. The first kappa shape index (κ1) is 10.2. The summed E-state index contributed by atoms with van der Waals surface area (Å²) in [6.45, 7) is 1.39. The molecule has 2 aromatic rings. The van der Waals surface area contributed by atoms with Crippen LogP contribution < -0.4 is 0 Å². The first-order valence-corrected chi connectivity index (χ1v) is 4.95. The number of rotatable bonds is 1. The molecule has 0 aliphatic rings. The van der Waals surface area contributed by atoms with E-state index in [1.54, 1.807) is 11.4 Å². The van der Waals surface area contributed by atoms with Gasteiger partial charge in [0, 0.05) is 6.20 Å². The van der Waals surface area contributed by atoms with Gasteiger partial charge in [-0.25, -0.2) is 4.68 Å². The highest BCUT2D eigenvalue weighted by atomic mass is 32.1. The summed E-state index contributed by atoms with van der Waals surface area (Å²) in [5.41, 5.74) is -0.206. The van der Waals surface area contributed by atoms with E-state index in [1.807, 2.05) is 0 Å². The van der Waals surface area contributed by atoms with E-state index >= 15 is 0 Å². The number of nitrogens with zero attached hydrogens (tertiary/aromatic N) is 2. The minimum absolute atomic E-state index is 0.113. The van der Waals surface area contributed by atoms with Crippen LogP contribution in [-0.2, 0) is 6.18 Å². The fourth-order valence-electron chi connectivity index (χ4n) is 1.21. The Labute approximate surface area is 88.0 Å². The molecule has 0 fully saturated rings. The number of hydrogen-bond donors (Lipinski definition) is 0. The normalized spacial score (nSPS) is 12.0. The third-order valence-corrected chi connectivity index (χ3v) is 2.47. The lowest BCUT2D eigenvalue weighted by Gasteiger charge is -2.02. The Morgan fingerprint density at radius 1 is 1.47 bits per heavy atom. The predicted octanol–water partition coefficient (Wildman–Crippen LogP) is 3.06. The maximum absolute atomic E-state index is 12.4. The van der Waals surface area contributed by atoms with Crippen molar-refractivity contribution in [1.29, 1.82) is 0 Å². The summed E-state index contributed by atoms with van der Waals surface area (Å²) in [7, 11) is 0. The fraction of sp³-hybridized carbons (Fsp3) is 0.222. The zero-order valence-electron chi connectivity index (χ0n) is 7.67. The first-order chi connectivity index (χ1) is 6.98. The SMILES string of the molecule is Cc1cn(-c2[c]scc2)nc1C(F)(F)F. The van der Waals surface area contributed by atoms with Crippen molar-refractivity contribution in [3.05, 3.63) is 34.3 Å². The van der Waals surface area contributed by atoms with Gasteiger partial charge in [0.2, 0.25) is 0 Å². The molecule has 2 aromatic heterocycles. The second-order valence-electron chi connectivity index (χ2n) is 3.01. The monoisotopic (exact) mass is 231 g/mol. The quantitative estimate of drug-likeness (QED) is 0.737. The van der Waals surface area contributed by atoms with E-state index in [0.29, 0.717) is 5.69 Å².